The molecule has 0 fully saturated rings. The van der Waals surface area contributed by atoms with E-state index < -0.39 is 8.07 Å². The number of rotatable bonds is 5. The first-order valence-electron chi connectivity index (χ1n) is 10.3. The van der Waals surface area contributed by atoms with Gasteiger partial charge < -0.3 is 5.11 Å². The molecule has 3 aromatic rings. The first-order chi connectivity index (χ1) is 13.6. The van der Waals surface area contributed by atoms with Gasteiger partial charge in [0.25, 0.3) is 0 Å². The van der Waals surface area contributed by atoms with Crippen molar-refractivity contribution in [2.75, 3.05) is 0 Å². The molecule has 142 valence electrons. The van der Waals surface area contributed by atoms with Gasteiger partial charge in [-0.15, -0.1) is 0 Å². The first-order valence-corrected chi connectivity index (χ1v) is 12.7. The number of hydrogen-bond acceptors (Lipinski definition) is 1. The molecule has 1 aliphatic rings. The van der Waals surface area contributed by atoms with E-state index in [1.807, 2.05) is 18.2 Å². The van der Waals surface area contributed by atoms with Gasteiger partial charge >= 0.3 is 0 Å². The Morgan fingerprint density at radius 2 is 1.64 bits per heavy atom. The highest BCUT2D eigenvalue weighted by Crippen LogP contribution is 2.33. The largest absolute Gasteiger partial charge is 0.507 e. The summed E-state index contributed by atoms with van der Waals surface area (Å²) in [5, 5.41) is 14.2. The Morgan fingerprint density at radius 3 is 2.36 bits per heavy atom. The second-order valence-electron chi connectivity index (χ2n) is 7.85. The van der Waals surface area contributed by atoms with Gasteiger partial charge in [0.05, 0.1) is 0 Å². The van der Waals surface area contributed by atoms with Gasteiger partial charge in [-0.25, -0.2) is 0 Å². The maximum Gasteiger partial charge on any atom is 0.123 e. The van der Waals surface area contributed by atoms with Crippen LogP contribution in [0.25, 0.3) is 17.2 Å². The number of aromatic hydroxyl groups is 1. The van der Waals surface area contributed by atoms with Crippen LogP contribution in [-0.4, -0.2) is 13.2 Å². The summed E-state index contributed by atoms with van der Waals surface area (Å²) in [5.74, 6) is 0.478. The van der Waals surface area contributed by atoms with Crippen molar-refractivity contribution < 1.29 is 5.11 Å². The van der Waals surface area contributed by atoms with Crippen LogP contribution in [0, 0.1) is 6.92 Å². The van der Waals surface area contributed by atoms with Crippen molar-refractivity contribution in [2.24, 2.45) is 0 Å². The quantitative estimate of drug-likeness (QED) is 0.573. The molecule has 4 rings (SSSR count). The lowest BCUT2D eigenvalue weighted by atomic mass is 10.0. The molecule has 0 atom stereocenters. The van der Waals surface area contributed by atoms with Crippen molar-refractivity contribution in [3.8, 4) is 16.9 Å². The van der Waals surface area contributed by atoms with E-state index in [1.165, 1.54) is 27.1 Å². The Kier molecular flexibility index (Phi) is 4.99. The van der Waals surface area contributed by atoms with Crippen molar-refractivity contribution in [1.82, 2.24) is 0 Å². The van der Waals surface area contributed by atoms with Crippen molar-refractivity contribution in [1.29, 1.82) is 0 Å². The summed E-state index contributed by atoms with van der Waals surface area (Å²) in [5.41, 5.74) is 6.08. The van der Waals surface area contributed by atoms with Crippen LogP contribution in [0.4, 0.5) is 0 Å². The maximum absolute atomic E-state index is 11.5. The van der Waals surface area contributed by atoms with E-state index in [4.69, 9.17) is 0 Å². The van der Waals surface area contributed by atoms with Crippen LogP contribution < -0.4 is 10.4 Å². The minimum Gasteiger partial charge on any atom is -0.507 e. The first kappa shape index (κ1) is 18.8. The zero-order chi connectivity index (χ0) is 19.7. The minimum atomic E-state index is -2.09. The van der Waals surface area contributed by atoms with Gasteiger partial charge in [-0.1, -0.05) is 98.2 Å². The van der Waals surface area contributed by atoms with E-state index in [-0.39, 0.29) is 0 Å². The zero-order valence-corrected chi connectivity index (χ0v) is 18.0. The number of fused-ring (bicyclic) bond motifs is 1. The molecule has 0 heterocycles. The Morgan fingerprint density at radius 1 is 0.893 bits per heavy atom. The van der Waals surface area contributed by atoms with E-state index in [0.717, 1.165) is 29.6 Å². The molecule has 0 unspecified atom stereocenters. The van der Waals surface area contributed by atoms with Gasteiger partial charge in [0, 0.05) is 5.56 Å². The van der Waals surface area contributed by atoms with Crippen molar-refractivity contribution in [2.45, 2.75) is 39.3 Å². The molecule has 0 saturated carbocycles. The molecule has 28 heavy (non-hydrogen) atoms. The molecule has 0 aromatic heterocycles. The summed E-state index contributed by atoms with van der Waals surface area (Å²) in [7, 11) is -2.09. The van der Waals surface area contributed by atoms with Crippen LogP contribution in [0.2, 0.25) is 12.1 Å². The summed E-state index contributed by atoms with van der Waals surface area (Å²) in [6.07, 6.45) is 5.59. The number of allylic oxidation sites excluding steroid dienone is 1. The topological polar surface area (TPSA) is 20.2 Å². The monoisotopic (exact) mass is 384 g/mol. The van der Waals surface area contributed by atoms with Crippen LogP contribution in [0.3, 0.4) is 0 Å². The highest BCUT2D eigenvalue weighted by molar-refractivity contribution is 7.03. The van der Waals surface area contributed by atoms with E-state index >= 15 is 0 Å². The second kappa shape index (κ2) is 7.44. The predicted molar refractivity (Wildman–Crippen MR) is 123 cm³/mol. The van der Waals surface area contributed by atoms with Crippen molar-refractivity contribution in [3.05, 3.63) is 83.4 Å². The molecular formula is C26H28OSi. The molecule has 2 heteroatoms. The van der Waals surface area contributed by atoms with E-state index in [0.29, 0.717) is 5.75 Å². The van der Waals surface area contributed by atoms with Crippen LogP contribution >= 0.6 is 0 Å². The lowest BCUT2D eigenvalue weighted by Gasteiger charge is -2.34. The van der Waals surface area contributed by atoms with Gasteiger partial charge in [0.1, 0.15) is 13.8 Å². The van der Waals surface area contributed by atoms with Crippen molar-refractivity contribution in [3.63, 3.8) is 0 Å². The molecule has 1 nitrogen and oxygen atoms in total. The molecule has 0 saturated heterocycles. The highest BCUT2D eigenvalue weighted by atomic mass is 28.3. The molecule has 0 spiro atoms. The zero-order valence-electron chi connectivity index (χ0n) is 17.0. The number of aryl methyl sites for hydroxylation is 1. The number of phenols is 1. The molecule has 1 aliphatic carbocycles. The molecular weight excluding hydrogens is 356 g/mol. The Hall–Kier alpha value is -2.58. The number of benzene rings is 3. The lowest BCUT2D eigenvalue weighted by Crippen LogP contribution is -2.58. The third kappa shape index (κ3) is 2.93. The molecule has 0 radical (unpaired) electrons. The van der Waals surface area contributed by atoms with Gasteiger partial charge in [0.15, 0.2) is 0 Å². The highest BCUT2D eigenvalue weighted by Gasteiger charge is 2.39. The summed E-state index contributed by atoms with van der Waals surface area (Å²) in [6, 6.07) is 23.6. The average Bonchev–Trinajstić information content (AvgIpc) is 3.21. The van der Waals surface area contributed by atoms with E-state index in [2.05, 4.69) is 75.4 Å². The normalized spacial score (nSPS) is 13.0. The smallest absolute Gasteiger partial charge is 0.123 e. The fourth-order valence-electron chi connectivity index (χ4n) is 4.85. The Bertz CT molecular complexity index is 1030. The molecule has 0 amide bonds. The molecule has 0 aliphatic heterocycles. The molecule has 0 bridgehead atoms. The SMILES string of the molecule is CC[Si](CC)(c1cc(C)cc(-c2ccccc2)c1O)c1cccc2c1C=CC2. The average molecular weight is 385 g/mol. The van der Waals surface area contributed by atoms with Crippen molar-refractivity contribution >= 4 is 24.5 Å². The van der Waals surface area contributed by atoms with Crippen LogP contribution in [0.1, 0.15) is 30.5 Å². The summed E-state index contributed by atoms with van der Waals surface area (Å²) >= 11 is 0. The fourth-order valence-corrected chi connectivity index (χ4v) is 9.43. The van der Waals surface area contributed by atoms with Crippen LogP contribution in [-0.2, 0) is 6.42 Å². The van der Waals surface area contributed by atoms with Crippen LogP contribution in [0.5, 0.6) is 5.75 Å². The van der Waals surface area contributed by atoms with E-state index in [9.17, 15) is 5.11 Å². The summed E-state index contributed by atoms with van der Waals surface area (Å²) in [4.78, 5) is 0. The standard InChI is InChI=1S/C26H28OSi/c1-4-28(5-2,24-16-10-14-20-13-9-15-22(20)24)25-18-19(3)17-23(26(25)27)21-11-7-6-8-12-21/h6-12,14-18,27H,4-5,13H2,1-3H3. The maximum atomic E-state index is 11.5. The predicted octanol–water partition coefficient (Wildman–Crippen LogP) is 5.54. The van der Waals surface area contributed by atoms with Crippen LogP contribution in [0.15, 0.2) is 66.7 Å². The summed E-state index contributed by atoms with van der Waals surface area (Å²) < 4.78 is 0. The van der Waals surface area contributed by atoms with E-state index in [1.54, 1.807) is 0 Å². The summed E-state index contributed by atoms with van der Waals surface area (Å²) in [6.45, 7) is 6.75. The van der Waals surface area contributed by atoms with Gasteiger partial charge in [-0.3, -0.25) is 0 Å². The molecule has 3 aromatic carbocycles. The third-order valence-electron chi connectivity index (χ3n) is 6.40. The van der Waals surface area contributed by atoms with Gasteiger partial charge in [-0.05, 0) is 46.5 Å². The lowest BCUT2D eigenvalue weighted by molar-refractivity contribution is 0.481. The second-order valence-corrected chi connectivity index (χ2v) is 12.5. The number of phenolic OH excluding ortho intramolecular Hbond substituents is 1. The minimum absolute atomic E-state index is 0.478. The Balaban J connectivity index is 1.99. The fraction of sp³-hybridized carbons (Fsp3) is 0.231. The number of hydrogen-bond donors (Lipinski definition) is 1. The van der Waals surface area contributed by atoms with Gasteiger partial charge in [-0.2, -0.15) is 0 Å². The van der Waals surface area contributed by atoms with Gasteiger partial charge in [0.2, 0.25) is 0 Å². The Labute approximate surface area is 169 Å². The third-order valence-corrected chi connectivity index (χ3v) is 11.7. The molecule has 1 N–H and O–H groups in total.